The van der Waals surface area contributed by atoms with Crippen LogP contribution in [0, 0.1) is 11.8 Å². The molecule has 29 heavy (non-hydrogen) atoms. The van der Waals surface area contributed by atoms with E-state index in [1.165, 1.54) is 12.4 Å². The molecule has 1 unspecified atom stereocenters. The van der Waals surface area contributed by atoms with Gasteiger partial charge in [-0.3, -0.25) is 9.59 Å². The molecule has 0 aliphatic carbocycles. The van der Waals surface area contributed by atoms with E-state index in [4.69, 9.17) is 0 Å². The fraction of sp³-hybridized carbons (Fsp3) is 0.238. The molecule has 2 aromatic carbocycles. The molecule has 0 fully saturated rings. The Bertz CT molecular complexity index is 811. The van der Waals surface area contributed by atoms with Gasteiger partial charge in [0.05, 0.1) is 12.4 Å². The van der Waals surface area contributed by atoms with Crippen LogP contribution in [0.25, 0.3) is 0 Å². The van der Waals surface area contributed by atoms with Gasteiger partial charge < -0.3 is 0 Å². The van der Waals surface area contributed by atoms with E-state index in [0.717, 1.165) is 20.1 Å². The van der Waals surface area contributed by atoms with Crippen molar-refractivity contribution < 1.29 is 9.59 Å². The third-order valence-corrected chi connectivity index (χ3v) is 5.35. The summed E-state index contributed by atoms with van der Waals surface area (Å²) in [5.41, 5.74) is 6.58. The highest BCUT2D eigenvalue weighted by Gasteiger charge is 2.31. The minimum atomic E-state index is -0.899. The van der Waals surface area contributed by atoms with E-state index in [1.807, 2.05) is 62.4 Å². The summed E-state index contributed by atoms with van der Waals surface area (Å²) in [5.74, 6) is -2.00. The van der Waals surface area contributed by atoms with Gasteiger partial charge in [0.15, 0.2) is 0 Å². The zero-order valence-electron chi connectivity index (χ0n) is 16.1. The number of carbonyl (C=O) groups is 2. The molecular formula is C21H22Br2N4O2. The molecule has 0 aliphatic heterocycles. The lowest BCUT2D eigenvalue weighted by Crippen LogP contribution is -2.41. The van der Waals surface area contributed by atoms with Crippen LogP contribution in [0.4, 0.5) is 0 Å². The molecule has 152 valence electrons. The third-order valence-electron chi connectivity index (χ3n) is 4.29. The van der Waals surface area contributed by atoms with Gasteiger partial charge in [-0.05, 0) is 41.3 Å². The van der Waals surface area contributed by atoms with Gasteiger partial charge in [-0.2, -0.15) is 10.2 Å². The van der Waals surface area contributed by atoms with Crippen LogP contribution in [0.1, 0.15) is 31.4 Å². The first-order valence-electron chi connectivity index (χ1n) is 9.07. The van der Waals surface area contributed by atoms with Crippen molar-refractivity contribution in [2.75, 3.05) is 0 Å². The van der Waals surface area contributed by atoms with Crippen molar-refractivity contribution in [3.8, 4) is 0 Å². The Morgan fingerprint density at radius 3 is 1.59 bits per heavy atom. The summed E-state index contributed by atoms with van der Waals surface area (Å²) in [6.45, 7) is 3.77. The molecule has 0 saturated heterocycles. The van der Waals surface area contributed by atoms with Gasteiger partial charge in [0.2, 0.25) is 0 Å². The average molecular weight is 522 g/mol. The fourth-order valence-corrected chi connectivity index (χ4v) is 2.98. The molecule has 2 amide bonds. The number of benzene rings is 2. The van der Waals surface area contributed by atoms with Crippen LogP contribution in [0.5, 0.6) is 0 Å². The molecule has 0 bridgehead atoms. The second kappa shape index (κ2) is 11.6. The van der Waals surface area contributed by atoms with E-state index in [0.29, 0.717) is 6.42 Å². The quantitative estimate of drug-likeness (QED) is 0.305. The van der Waals surface area contributed by atoms with Gasteiger partial charge in [0.1, 0.15) is 5.92 Å². The molecule has 2 rings (SSSR count). The molecule has 0 aliphatic rings. The predicted octanol–water partition coefficient (Wildman–Crippen LogP) is 4.47. The first-order valence-corrected chi connectivity index (χ1v) is 10.7. The highest BCUT2D eigenvalue weighted by Crippen LogP contribution is 2.16. The summed E-state index contributed by atoms with van der Waals surface area (Å²) >= 11 is 6.72. The second-order valence-electron chi connectivity index (χ2n) is 6.43. The van der Waals surface area contributed by atoms with Gasteiger partial charge in [-0.1, -0.05) is 76.4 Å². The van der Waals surface area contributed by atoms with Gasteiger partial charge >= 0.3 is 0 Å². The van der Waals surface area contributed by atoms with Crippen LogP contribution in [0.2, 0.25) is 0 Å². The van der Waals surface area contributed by atoms with E-state index in [9.17, 15) is 9.59 Å². The molecule has 0 heterocycles. The number of hydrogen-bond acceptors (Lipinski definition) is 4. The number of halogens is 2. The Labute approximate surface area is 187 Å². The number of hydrazone groups is 2. The lowest BCUT2D eigenvalue weighted by molar-refractivity contribution is -0.137. The number of nitrogens with zero attached hydrogens (tertiary/aromatic N) is 2. The van der Waals surface area contributed by atoms with Crippen LogP contribution in [-0.4, -0.2) is 24.2 Å². The summed E-state index contributed by atoms with van der Waals surface area (Å²) in [7, 11) is 0. The molecule has 8 heteroatoms. The van der Waals surface area contributed by atoms with Crippen LogP contribution in [-0.2, 0) is 9.59 Å². The molecule has 1 atom stereocenters. The van der Waals surface area contributed by atoms with E-state index in [1.54, 1.807) is 0 Å². The number of rotatable bonds is 8. The Morgan fingerprint density at radius 2 is 1.24 bits per heavy atom. The molecule has 0 spiro atoms. The first kappa shape index (κ1) is 23.0. The van der Waals surface area contributed by atoms with Crippen LogP contribution in [0.3, 0.4) is 0 Å². The van der Waals surface area contributed by atoms with Crippen molar-refractivity contribution >= 4 is 56.1 Å². The van der Waals surface area contributed by atoms with E-state index in [2.05, 4.69) is 52.9 Å². The molecule has 6 nitrogen and oxygen atoms in total. The van der Waals surface area contributed by atoms with Crippen molar-refractivity contribution in [3.05, 3.63) is 68.6 Å². The zero-order valence-corrected chi connectivity index (χ0v) is 19.3. The fourth-order valence-electron chi connectivity index (χ4n) is 2.45. The summed E-state index contributed by atoms with van der Waals surface area (Å²) in [4.78, 5) is 25.1. The molecule has 0 aromatic heterocycles. The minimum absolute atomic E-state index is 0.166. The van der Waals surface area contributed by atoms with Gasteiger partial charge in [0.25, 0.3) is 11.8 Å². The van der Waals surface area contributed by atoms with Crippen molar-refractivity contribution in [2.24, 2.45) is 22.0 Å². The lowest BCUT2D eigenvalue weighted by Gasteiger charge is -2.19. The maximum atomic E-state index is 12.5. The number of carbonyl (C=O) groups excluding carboxylic acids is 2. The standard InChI is InChI=1S/C21H22Br2N4O2/c1-3-14(2)19(20(28)26-24-12-15-4-8-17(22)9-5-15)21(29)27-25-13-16-6-10-18(23)11-7-16/h4-14,19H,3H2,1-2H3,(H,26,28)(H,27,29)/b24-12+,25-13+. The van der Waals surface area contributed by atoms with Crippen molar-refractivity contribution in [2.45, 2.75) is 20.3 Å². The summed E-state index contributed by atoms with van der Waals surface area (Å²) in [6, 6.07) is 14.9. The predicted molar refractivity (Wildman–Crippen MR) is 123 cm³/mol. The Kier molecular flexibility index (Phi) is 9.21. The average Bonchev–Trinajstić information content (AvgIpc) is 2.71. The van der Waals surface area contributed by atoms with Crippen LogP contribution < -0.4 is 10.9 Å². The number of nitrogens with one attached hydrogen (secondary N) is 2. The summed E-state index contributed by atoms with van der Waals surface area (Å²) in [6.07, 6.45) is 3.72. The normalized spacial score (nSPS) is 12.4. The first-order chi connectivity index (χ1) is 13.9. The molecule has 2 aromatic rings. The topological polar surface area (TPSA) is 82.9 Å². The zero-order chi connectivity index (χ0) is 21.2. The maximum Gasteiger partial charge on any atom is 0.252 e. The van der Waals surface area contributed by atoms with Crippen LogP contribution >= 0.6 is 31.9 Å². The minimum Gasteiger partial charge on any atom is -0.272 e. The highest BCUT2D eigenvalue weighted by molar-refractivity contribution is 9.10. The number of hydrogen-bond donors (Lipinski definition) is 2. The maximum absolute atomic E-state index is 12.5. The smallest absolute Gasteiger partial charge is 0.252 e. The molecule has 0 saturated carbocycles. The van der Waals surface area contributed by atoms with E-state index in [-0.39, 0.29) is 5.92 Å². The molecule has 0 radical (unpaired) electrons. The van der Waals surface area contributed by atoms with Crippen molar-refractivity contribution in [3.63, 3.8) is 0 Å². The second-order valence-corrected chi connectivity index (χ2v) is 8.27. The largest absolute Gasteiger partial charge is 0.272 e. The van der Waals surface area contributed by atoms with Gasteiger partial charge in [-0.25, -0.2) is 10.9 Å². The van der Waals surface area contributed by atoms with Gasteiger partial charge in [0, 0.05) is 8.95 Å². The lowest BCUT2D eigenvalue weighted by atomic mass is 9.90. The van der Waals surface area contributed by atoms with E-state index >= 15 is 0 Å². The SMILES string of the molecule is CCC(C)C(C(=O)N/N=C/c1ccc(Br)cc1)C(=O)N/N=C/c1ccc(Br)cc1. The Balaban J connectivity index is 1.99. The summed E-state index contributed by atoms with van der Waals surface area (Å²) < 4.78 is 1.91. The Morgan fingerprint density at radius 1 is 0.862 bits per heavy atom. The third kappa shape index (κ3) is 7.55. The number of amides is 2. The highest BCUT2D eigenvalue weighted by atomic mass is 79.9. The monoisotopic (exact) mass is 520 g/mol. The molecule has 2 N–H and O–H groups in total. The molecular weight excluding hydrogens is 500 g/mol. The van der Waals surface area contributed by atoms with Gasteiger partial charge in [-0.15, -0.1) is 0 Å². The van der Waals surface area contributed by atoms with Crippen LogP contribution in [0.15, 0.2) is 67.7 Å². The Hall–Kier alpha value is -2.32. The van der Waals surface area contributed by atoms with Crippen molar-refractivity contribution in [1.29, 1.82) is 0 Å². The summed E-state index contributed by atoms with van der Waals surface area (Å²) in [5, 5.41) is 7.93. The van der Waals surface area contributed by atoms with E-state index < -0.39 is 17.7 Å². The van der Waals surface area contributed by atoms with Crippen molar-refractivity contribution in [1.82, 2.24) is 10.9 Å².